The molecule has 0 aromatic rings. The van der Waals surface area contributed by atoms with Crippen LogP contribution in [0.3, 0.4) is 0 Å². The van der Waals surface area contributed by atoms with E-state index in [0.717, 1.165) is 0 Å². The van der Waals surface area contributed by atoms with E-state index < -0.39 is 0 Å². The van der Waals surface area contributed by atoms with E-state index in [1.54, 1.807) is 0 Å². The second-order valence-corrected chi connectivity index (χ2v) is 3.94. The highest BCUT2D eigenvalue weighted by molar-refractivity contribution is 5.21. The summed E-state index contributed by atoms with van der Waals surface area (Å²) in [6, 6.07) is 0. The van der Waals surface area contributed by atoms with Crippen LogP contribution in [0.2, 0.25) is 0 Å². The van der Waals surface area contributed by atoms with Crippen molar-refractivity contribution in [3.8, 4) is 0 Å². The van der Waals surface area contributed by atoms with Crippen LogP contribution in [0.15, 0.2) is 36.0 Å². The first-order valence-corrected chi connectivity index (χ1v) is 5.67. The lowest BCUT2D eigenvalue weighted by Crippen LogP contribution is -1.79. The van der Waals surface area contributed by atoms with Crippen LogP contribution in [-0.2, 0) is 0 Å². The Balaban J connectivity index is 3.72. The molecular formula is C14H24. The van der Waals surface area contributed by atoms with Crippen molar-refractivity contribution in [3.63, 3.8) is 0 Å². The summed E-state index contributed by atoms with van der Waals surface area (Å²) in [4.78, 5) is 0. The minimum absolute atomic E-state index is 1.23. The Morgan fingerprint density at radius 1 is 1.07 bits per heavy atom. The predicted molar refractivity (Wildman–Crippen MR) is 66.5 cm³/mol. The van der Waals surface area contributed by atoms with Crippen LogP contribution >= 0.6 is 0 Å². The van der Waals surface area contributed by atoms with Gasteiger partial charge in [-0.15, -0.1) is 0 Å². The summed E-state index contributed by atoms with van der Waals surface area (Å²) >= 11 is 0. The summed E-state index contributed by atoms with van der Waals surface area (Å²) in [5.41, 5.74) is 2.71. The van der Waals surface area contributed by atoms with Gasteiger partial charge in [0, 0.05) is 0 Å². The van der Waals surface area contributed by atoms with Gasteiger partial charge in [-0.05, 0) is 26.7 Å². The average molecular weight is 192 g/mol. The maximum absolute atomic E-state index is 3.73. The maximum atomic E-state index is 3.73. The number of allylic oxidation sites excluding steroid dienone is 5. The van der Waals surface area contributed by atoms with Gasteiger partial charge < -0.3 is 0 Å². The number of unbranched alkanes of at least 4 members (excludes halogenated alkanes) is 3. The molecule has 0 amide bonds. The number of hydrogen-bond donors (Lipinski definition) is 0. The maximum Gasteiger partial charge on any atom is -0.0320 e. The van der Waals surface area contributed by atoms with Crippen LogP contribution in [0.4, 0.5) is 0 Å². The number of rotatable bonds is 7. The molecule has 0 fully saturated rings. The second kappa shape index (κ2) is 8.80. The predicted octanol–water partition coefficient (Wildman–Crippen LogP) is 5.04. The van der Waals surface area contributed by atoms with Gasteiger partial charge in [-0.1, -0.05) is 62.1 Å². The minimum Gasteiger partial charge on any atom is -0.0988 e. The van der Waals surface area contributed by atoms with Crippen molar-refractivity contribution in [2.75, 3.05) is 0 Å². The summed E-state index contributed by atoms with van der Waals surface area (Å²) in [5.74, 6) is 0. The van der Waals surface area contributed by atoms with E-state index in [4.69, 9.17) is 0 Å². The zero-order chi connectivity index (χ0) is 10.8. The van der Waals surface area contributed by atoms with Gasteiger partial charge >= 0.3 is 0 Å². The molecule has 0 bridgehead atoms. The SMILES string of the molecule is C=C/C(C)=C/C=C(\C)CCCCCC. The Labute approximate surface area is 89.4 Å². The first kappa shape index (κ1) is 13.2. The molecule has 0 heteroatoms. The van der Waals surface area contributed by atoms with Gasteiger partial charge in [0.1, 0.15) is 0 Å². The molecule has 0 heterocycles. The second-order valence-electron chi connectivity index (χ2n) is 3.94. The fourth-order valence-corrected chi connectivity index (χ4v) is 1.26. The molecule has 0 aromatic carbocycles. The standard InChI is InChI=1S/C14H24/c1-5-7-8-9-10-14(4)12-11-13(3)6-2/h6,11-12H,2,5,7-10H2,1,3-4H3/b13-11+,14-12+. The Morgan fingerprint density at radius 3 is 2.36 bits per heavy atom. The van der Waals surface area contributed by atoms with Gasteiger partial charge in [-0.3, -0.25) is 0 Å². The highest BCUT2D eigenvalue weighted by Gasteiger charge is 1.89. The topological polar surface area (TPSA) is 0 Å². The van der Waals surface area contributed by atoms with Crippen LogP contribution in [-0.4, -0.2) is 0 Å². The molecule has 14 heavy (non-hydrogen) atoms. The summed E-state index contributed by atoms with van der Waals surface area (Å²) in [7, 11) is 0. The lowest BCUT2D eigenvalue weighted by Gasteiger charge is -1.99. The van der Waals surface area contributed by atoms with E-state index in [9.17, 15) is 0 Å². The van der Waals surface area contributed by atoms with Crippen molar-refractivity contribution < 1.29 is 0 Å². The van der Waals surface area contributed by atoms with E-state index in [1.165, 1.54) is 43.3 Å². The molecule has 0 saturated heterocycles. The molecular weight excluding hydrogens is 168 g/mol. The Hall–Kier alpha value is -0.780. The van der Waals surface area contributed by atoms with E-state index in [1.807, 2.05) is 6.08 Å². The largest absolute Gasteiger partial charge is 0.0988 e. The molecule has 0 N–H and O–H groups in total. The molecule has 0 aliphatic rings. The Bertz CT molecular complexity index is 206. The van der Waals surface area contributed by atoms with Gasteiger partial charge in [-0.25, -0.2) is 0 Å². The molecule has 0 aliphatic heterocycles. The van der Waals surface area contributed by atoms with Gasteiger partial charge in [0.25, 0.3) is 0 Å². The van der Waals surface area contributed by atoms with Crippen molar-refractivity contribution >= 4 is 0 Å². The number of hydrogen-bond acceptors (Lipinski definition) is 0. The smallest absolute Gasteiger partial charge is 0.0320 e. The van der Waals surface area contributed by atoms with E-state index in [2.05, 4.69) is 39.5 Å². The summed E-state index contributed by atoms with van der Waals surface area (Å²) in [6.45, 7) is 10.3. The van der Waals surface area contributed by atoms with Crippen LogP contribution in [0.25, 0.3) is 0 Å². The molecule has 0 aliphatic carbocycles. The quantitative estimate of drug-likeness (QED) is 0.392. The van der Waals surface area contributed by atoms with Crippen molar-refractivity contribution in [2.45, 2.75) is 52.9 Å². The minimum atomic E-state index is 1.23. The van der Waals surface area contributed by atoms with Crippen molar-refractivity contribution in [2.24, 2.45) is 0 Å². The average Bonchev–Trinajstić information content (AvgIpc) is 2.21. The Kier molecular flexibility index (Phi) is 8.31. The zero-order valence-electron chi connectivity index (χ0n) is 9.97. The lowest BCUT2D eigenvalue weighted by molar-refractivity contribution is 0.664. The van der Waals surface area contributed by atoms with E-state index in [-0.39, 0.29) is 0 Å². The highest BCUT2D eigenvalue weighted by Crippen LogP contribution is 2.10. The van der Waals surface area contributed by atoms with Crippen molar-refractivity contribution in [1.29, 1.82) is 0 Å². The van der Waals surface area contributed by atoms with E-state index >= 15 is 0 Å². The molecule has 0 unspecified atom stereocenters. The molecule has 0 atom stereocenters. The third-order valence-electron chi connectivity index (χ3n) is 2.38. The van der Waals surface area contributed by atoms with Crippen molar-refractivity contribution in [1.82, 2.24) is 0 Å². The zero-order valence-corrected chi connectivity index (χ0v) is 9.97. The van der Waals surface area contributed by atoms with Gasteiger partial charge in [0.2, 0.25) is 0 Å². The first-order chi connectivity index (χ1) is 6.70. The van der Waals surface area contributed by atoms with Crippen LogP contribution in [0.5, 0.6) is 0 Å². The molecule has 0 radical (unpaired) electrons. The monoisotopic (exact) mass is 192 g/mol. The molecule has 0 spiro atoms. The molecule has 80 valence electrons. The highest BCUT2D eigenvalue weighted by atomic mass is 14.0. The summed E-state index contributed by atoms with van der Waals surface area (Å²) in [5, 5.41) is 0. The van der Waals surface area contributed by atoms with Gasteiger partial charge in [0.05, 0.1) is 0 Å². The fourth-order valence-electron chi connectivity index (χ4n) is 1.26. The van der Waals surface area contributed by atoms with Crippen LogP contribution in [0, 0.1) is 0 Å². The van der Waals surface area contributed by atoms with Gasteiger partial charge in [0.15, 0.2) is 0 Å². The van der Waals surface area contributed by atoms with Crippen LogP contribution in [0.1, 0.15) is 52.9 Å². The molecule has 0 nitrogen and oxygen atoms in total. The third kappa shape index (κ3) is 7.85. The van der Waals surface area contributed by atoms with Crippen LogP contribution < -0.4 is 0 Å². The first-order valence-electron chi connectivity index (χ1n) is 5.67. The lowest BCUT2D eigenvalue weighted by atomic mass is 10.1. The Morgan fingerprint density at radius 2 is 1.79 bits per heavy atom. The summed E-state index contributed by atoms with van der Waals surface area (Å²) in [6.07, 6.45) is 12.9. The molecule has 0 aromatic heterocycles. The summed E-state index contributed by atoms with van der Waals surface area (Å²) < 4.78 is 0. The van der Waals surface area contributed by atoms with Crippen molar-refractivity contribution in [3.05, 3.63) is 36.0 Å². The molecule has 0 rings (SSSR count). The van der Waals surface area contributed by atoms with E-state index in [0.29, 0.717) is 0 Å². The normalized spacial score (nSPS) is 13.1. The fraction of sp³-hybridized carbons (Fsp3) is 0.571. The third-order valence-corrected chi connectivity index (χ3v) is 2.38. The molecule has 0 saturated carbocycles. The van der Waals surface area contributed by atoms with Gasteiger partial charge in [-0.2, -0.15) is 0 Å².